The maximum atomic E-state index is 11.4. The van der Waals surface area contributed by atoms with Crippen LogP contribution in [0.3, 0.4) is 0 Å². The molecule has 0 N–H and O–H groups in total. The first kappa shape index (κ1) is 13.0. The summed E-state index contributed by atoms with van der Waals surface area (Å²) in [7, 11) is 1.39. The third kappa shape index (κ3) is 3.51. The van der Waals surface area contributed by atoms with Gasteiger partial charge in [-0.25, -0.2) is 4.79 Å². The Morgan fingerprint density at radius 3 is 3.18 bits per heavy atom. The third-order valence-electron chi connectivity index (χ3n) is 2.62. The second kappa shape index (κ2) is 5.95. The monoisotopic (exact) mass is 319 g/mol. The number of halogens is 1. The Morgan fingerprint density at radius 2 is 2.53 bits per heavy atom. The molecule has 1 saturated heterocycles. The predicted molar refractivity (Wildman–Crippen MR) is 69.1 cm³/mol. The zero-order valence-corrected chi connectivity index (χ0v) is 11.9. The van der Waals surface area contributed by atoms with Crippen molar-refractivity contribution in [1.29, 1.82) is 0 Å². The smallest absolute Gasteiger partial charge is 0.336 e. The minimum atomic E-state index is -0.447. The lowest BCUT2D eigenvalue weighted by atomic mass is 10.2. The number of nitrogens with zero attached hydrogens (tertiary/aromatic N) is 1. The van der Waals surface area contributed by atoms with E-state index >= 15 is 0 Å². The van der Waals surface area contributed by atoms with Crippen molar-refractivity contribution in [3.63, 3.8) is 0 Å². The summed E-state index contributed by atoms with van der Waals surface area (Å²) >= 11 is 5.16. The largest absolute Gasteiger partial charge is 0.467 e. The van der Waals surface area contributed by atoms with Gasteiger partial charge < -0.3 is 9.47 Å². The molecule has 1 aromatic heterocycles. The van der Waals surface area contributed by atoms with Gasteiger partial charge in [-0.05, 0) is 28.1 Å². The molecule has 1 unspecified atom stereocenters. The van der Waals surface area contributed by atoms with E-state index in [-0.39, 0.29) is 5.97 Å². The highest BCUT2D eigenvalue weighted by Gasteiger charge is 2.27. The molecule has 4 nitrogen and oxygen atoms in total. The Labute approximate surface area is 113 Å². The second-order valence-corrected chi connectivity index (χ2v) is 6.37. The average Bonchev–Trinajstić information content (AvgIpc) is 2.74. The van der Waals surface area contributed by atoms with Gasteiger partial charge in [0.1, 0.15) is 0 Å². The van der Waals surface area contributed by atoms with Crippen LogP contribution < -0.4 is 0 Å². The quantitative estimate of drug-likeness (QED) is 0.797. The molecule has 2 rings (SSSR count). The van der Waals surface area contributed by atoms with Crippen molar-refractivity contribution in [3.05, 3.63) is 20.8 Å². The summed E-state index contributed by atoms with van der Waals surface area (Å²) in [6.07, 6.45) is -0.447. The van der Waals surface area contributed by atoms with Crippen molar-refractivity contribution >= 4 is 33.2 Å². The third-order valence-corrected chi connectivity index (χ3v) is 4.23. The van der Waals surface area contributed by atoms with Crippen molar-refractivity contribution < 1.29 is 14.3 Å². The van der Waals surface area contributed by atoms with Gasteiger partial charge in [0, 0.05) is 24.5 Å². The van der Waals surface area contributed by atoms with E-state index in [1.807, 2.05) is 6.07 Å². The molecule has 1 aliphatic rings. The van der Waals surface area contributed by atoms with E-state index in [2.05, 4.69) is 26.9 Å². The van der Waals surface area contributed by atoms with Crippen LogP contribution in [0.4, 0.5) is 0 Å². The Balaban J connectivity index is 1.91. The molecule has 1 aromatic rings. The average molecular weight is 320 g/mol. The molecule has 6 heteroatoms. The number of thiophene rings is 1. The van der Waals surface area contributed by atoms with E-state index in [0.29, 0.717) is 13.2 Å². The summed E-state index contributed by atoms with van der Waals surface area (Å²) in [5, 5.41) is 0. The summed E-state index contributed by atoms with van der Waals surface area (Å²) in [4.78, 5) is 14.9. The van der Waals surface area contributed by atoms with Gasteiger partial charge >= 0.3 is 5.97 Å². The van der Waals surface area contributed by atoms with Gasteiger partial charge in [0.15, 0.2) is 6.10 Å². The number of rotatable bonds is 3. The zero-order valence-electron chi connectivity index (χ0n) is 9.52. The van der Waals surface area contributed by atoms with Crippen LogP contribution >= 0.6 is 27.3 Å². The van der Waals surface area contributed by atoms with Crippen LogP contribution in [0, 0.1) is 0 Å². The SMILES string of the molecule is COC(=O)C1CN(Cc2ccc(Br)s2)CCO1. The number of carbonyl (C=O) groups excluding carboxylic acids is 1. The summed E-state index contributed by atoms with van der Waals surface area (Å²) < 4.78 is 11.2. The summed E-state index contributed by atoms with van der Waals surface area (Å²) in [6.45, 7) is 2.88. The Morgan fingerprint density at radius 1 is 1.71 bits per heavy atom. The number of esters is 1. The molecule has 94 valence electrons. The molecule has 2 heterocycles. The van der Waals surface area contributed by atoms with E-state index in [9.17, 15) is 4.79 Å². The summed E-state index contributed by atoms with van der Waals surface area (Å²) in [5.41, 5.74) is 0. The van der Waals surface area contributed by atoms with Gasteiger partial charge in [-0.2, -0.15) is 0 Å². The maximum absolute atomic E-state index is 11.4. The van der Waals surface area contributed by atoms with Crippen LogP contribution in [0.2, 0.25) is 0 Å². The number of hydrogen-bond acceptors (Lipinski definition) is 5. The topological polar surface area (TPSA) is 38.8 Å². The normalized spacial score (nSPS) is 21.4. The zero-order chi connectivity index (χ0) is 12.3. The van der Waals surface area contributed by atoms with Crippen LogP contribution in [0.1, 0.15) is 4.88 Å². The van der Waals surface area contributed by atoms with Crippen LogP contribution in [-0.2, 0) is 20.8 Å². The standard InChI is InChI=1S/C11H14BrNO3S/c1-15-11(14)9-7-13(4-5-16-9)6-8-2-3-10(12)17-8/h2-3,9H,4-7H2,1H3. The van der Waals surface area contributed by atoms with Gasteiger partial charge in [0.05, 0.1) is 17.5 Å². The molecule has 0 bridgehead atoms. The van der Waals surface area contributed by atoms with Gasteiger partial charge in [-0.15, -0.1) is 11.3 Å². The molecule has 1 aliphatic heterocycles. The van der Waals surface area contributed by atoms with E-state index < -0.39 is 6.10 Å². The molecule has 0 saturated carbocycles. The van der Waals surface area contributed by atoms with Crippen molar-refractivity contribution in [2.24, 2.45) is 0 Å². The van der Waals surface area contributed by atoms with Gasteiger partial charge in [-0.3, -0.25) is 4.90 Å². The fourth-order valence-electron chi connectivity index (χ4n) is 1.78. The minimum absolute atomic E-state index is 0.290. The molecule has 17 heavy (non-hydrogen) atoms. The molecule has 1 fully saturated rings. The molecule has 0 amide bonds. The number of methoxy groups -OCH3 is 1. The molecule has 0 aliphatic carbocycles. The van der Waals surface area contributed by atoms with Crippen molar-refractivity contribution in [3.8, 4) is 0 Å². The fraction of sp³-hybridized carbons (Fsp3) is 0.545. The lowest BCUT2D eigenvalue weighted by Gasteiger charge is -2.30. The van der Waals surface area contributed by atoms with Crippen molar-refractivity contribution in [2.45, 2.75) is 12.6 Å². The minimum Gasteiger partial charge on any atom is -0.467 e. The molecular weight excluding hydrogens is 306 g/mol. The Hall–Kier alpha value is -0.430. The first-order valence-electron chi connectivity index (χ1n) is 5.35. The lowest BCUT2D eigenvalue weighted by Crippen LogP contribution is -2.45. The molecule has 1 atom stereocenters. The van der Waals surface area contributed by atoms with Crippen LogP contribution in [-0.4, -0.2) is 43.8 Å². The van der Waals surface area contributed by atoms with Crippen LogP contribution in [0.25, 0.3) is 0 Å². The van der Waals surface area contributed by atoms with Crippen LogP contribution in [0.5, 0.6) is 0 Å². The number of hydrogen-bond donors (Lipinski definition) is 0. The molecule has 0 aromatic carbocycles. The molecule has 0 radical (unpaired) electrons. The van der Waals surface area contributed by atoms with E-state index in [4.69, 9.17) is 9.47 Å². The number of carbonyl (C=O) groups is 1. The highest BCUT2D eigenvalue weighted by Crippen LogP contribution is 2.23. The first-order valence-corrected chi connectivity index (χ1v) is 6.96. The van der Waals surface area contributed by atoms with Crippen molar-refractivity contribution in [1.82, 2.24) is 4.90 Å². The second-order valence-electron chi connectivity index (χ2n) is 3.82. The van der Waals surface area contributed by atoms with E-state index in [1.165, 1.54) is 12.0 Å². The van der Waals surface area contributed by atoms with Crippen molar-refractivity contribution in [2.75, 3.05) is 26.8 Å². The lowest BCUT2D eigenvalue weighted by molar-refractivity contribution is -0.159. The van der Waals surface area contributed by atoms with E-state index in [0.717, 1.165) is 16.9 Å². The van der Waals surface area contributed by atoms with Gasteiger partial charge in [0.25, 0.3) is 0 Å². The summed E-state index contributed by atoms with van der Waals surface area (Å²) in [5.74, 6) is -0.290. The van der Waals surface area contributed by atoms with Gasteiger partial charge in [0.2, 0.25) is 0 Å². The Kier molecular flexibility index (Phi) is 4.55. The van der Waals surface area contributed by atoms with E-state index in [1.54, 1.807) is 11.3 Å². The first-order chi connectivity index (χ1) is 8.19. The predicted octanol–water partition coefficient (Wildman–Crippen LogP) is 1.88. The fourth-order valence-corrected chi connectivity index (χ4v) is 3.30. The maximum Gasteiger partial charge on any atom is 0.336 e. The van der Waals surface area contributed by atoms with Gasteiger partial charge in [-0.1, -0.05) is 0 Å². The highest BCUT2D eigenvalue weighted by atomic mass is 79.9. The number of morpholine rings is 1. The molecule has 0 spiro atoms. The molecular formula is C11H14BrNO3S. The number of ether oxygens (including phenoxy) is 2. The van der Waals surface area contributed by atoms with Crippen LogP contribution in [0.15, 0.2) is 15.9 Å². The summed E-state index contributed by atoms with van der Waals surface area (Å²) in [6, 6.07) is 4.13. The highest BCUT2D eigenvalue weighted by molar-refractivity contribution is 9.11. The Bertz CT molecular complexity index is 396.